The third-order valence-corrected chi connectivity index (χ3v) is 6.54. The number of halogens is 1. The van der Waals surface area contributed by atoms with E-state index in [0.717, 1.165) is 12.8 Å². The lowest BCUT2D eigenvalue weighted by atomic mass is 10.3. The highest BCUT2D eigenvalue weighted by Gasteiger charge is 2.22. The quantitative estimate of drug-likeness (QED) is 0.514. The molecule has 1 N–H and O–H groups in total. The molecule has 0 bridgehead atoms. The molecular formula is C16H17IN2O3S2. The molecule has 8 heteroatoms. The third kappa shape index (κ3) is 4.95. The van der Waals surface area contributed by atoms with E-state index in [1.54, 1.807) is 36.4 Å². The lowest BCUT2D eigenvalue weighted by Gasteiger charge is -2.17. The Kier molecular flexibility index (Phi) is 6.67. The topological polar surface area (TPSA) is 66.5 Å². The smallest absolute Gasteiger partial charge is 0.243 e. The SMILES string of the molecule is CSc1ccc(S(=O)(=O)N(C)CC(=O)Nc2ccc(I)cc2)cc1. The Hall–Kier alpha value is -1.10. The number of anilines is 1. The van der Waals surface area contributed by atoms with Gasteiger partial charge in [0, 0.05) is 21.2 Å². The van der Waals surface area contributed by atoms with Crippen LogP contribution in [0.2, 0.25) is 0 Å². The van der Waals surface area contributed by atoms with Gasteiger partial charge in [-0.1, -0.05) is 0 Å². The van der Waals surface area contributed by atoms with Gasteiger partial charge >= 0.3 is 0 Å². The van der Waals surface area contributed by atoms with Crippen LogP contribution in [0, 0.1) is 3.57 Å². The summed E-state index contributed by atoms with van der Waals surface area (Å²) in [6, 6.07) is 13.9. The number of carbonyl (C=O) groups excluding carboxylic acids is 1. The van der Waals surface area contributed by atoms with Gasteiger partial charge in [0.2, 0.25) is 15.9 Å². The molecule has 0 aromatic heterocycles. The average molecular weight is 476 g/mol. The number of hydrogen-bond donors (Lipinski definition) is 1. The standard InChI is InChI=1S/C16H17IN2O3S2/c1-19(11-16(20)18-13-5-3-12(17)4-6-13)24(21,22)15-9-7-14(23-2)8-10-15/h3-10H,11H2,1-2H3,(H,18,20). The second-order valence-corrected chi connectivity index (χ2v) is 9.16. The summed E-state index contributed by atoms with van der Waals surface area (Å²) in [5.74, 6) is -0.386. The van der Waals surface area contributed by atoms with Gasteiger partial charge in [-0.3, -0.25) is 4.79 Å². The van der Waals surface area contributed by atoms with Crippen LogP contribution in [0.5, 0.6) is 0 Å². The summed E-state index contributed by atoms with van der Waals surface area (Å²) < 4.78 is 27.1. The summed E-state index contributed by atoms with van der Waals surface area (Å²) in [4.78, 5) is 13.2. The number of amides is 1. The Balaban J connectivity index is 2.05. The first-order valence-electron chi connectivity index (χ1n) is 6.99. The molecule has 2 rings (SSSR count). The molecule has 0 spiro atoms. The summed E-state index contributed by atoms with van der Waals surface area (Å²) in [6.45, 7) is -0.251. The van der Waals surface area contributed by atoms with Gasteiger partial charge < -0.3 is 5.32 Å². The molecule has 0 fully saturated rings. The number of sulfonamides is 1. The van der Waals surface area contributed by atoms with Gasteiger partial charge in [0.25, 0.3) is 0 Å². The van der Waals surface area contributed by atoms with Crippen LogP contribution < -0.4 is 5.32 Å². The molecule has 0 saturated carbocycles. The van der Waals surface area contributed by atoms with Gasteiger partial charge in [-0.2, -0.15) is 4.31 Å². The van der Waals surface area contributed by atoms with Crippen LogP contribution in [-0.4, -0.2) is 38.5 Å². The Morgan fingerprint density at radius 3 is 2.25 bits per heavy atom. The van der Waals surface area contributed by atoms with E-state index in [9.17, 15) is 13.2 Å². The van der Waals surface area contributed by atoms with E-state index >= 15 is 0 Å². The van der Waals surface area contributed by atoms with Gasteiger partial charge in [0.15, 0.2) is 0 Å². The first-order valence-corrected chi connectivity index (χ1v) is 10.7. The van der Waals surface area contributed by atoms with Crippen molar-refractivity contribution in [2.45, 2.75) is 9.79 Å². The molecule has 128 valence electrons. The molecule has 0 radical (unpaired) electrons. The number of hydrogen-bond acceptors (Lipinski definition) is 4. The van der Waals surface area contributed by atoms with Crippen molar-refractivity contribution in [3.63, 3.8) is 0 Å². The number of nitrogens with one attached hydrogen (secondary N) is 1. The monoisotopic (exact) mass is 476 g/mol. The second kappa shape index (κ2) is 8.32. The van der Waals surface area contributed by atoms with Gasteiger partial charge in [-0.05, 0) is 77.4 Å². The van der Waals surface area contributed by atoms with Crippen molar-refractivity contribution < 1.29 is 13.2 Å². The minimum absolute atomic E-state index is 0.171. The van der Waals surface area contributed by atoms with Crippen LogP contribution in [0.1, 0.15) is 0 Å². The molecular weight excluding hydrogens is 459 g/mol. The molecule has 2 aromatic rings. The Bertz CT molecular complexity index is 806. The van der Waals surface area contributed by atoms with Crippen molar-refractivity contribution in [1.82, 2.24) is 4.31 Å². The highest BCUT2D eigenvalue weighted by atomic mass is 127. The first-order chi connectivity index (χ1) is 11.3. The molecule has 0 aliphatic heterocycles. The van der Waals surface area contributed by atoms with Crippen LogP contribution in [0.15, 0.2) is 58.3 Å². The average Bonchev–Trinajstić information content (AvgIpc) is 2.57. The first kappa shape index (κ1) is 19.2. The molecule has 0 aliphatic carbocycles. The second-order valence-electron chi connectivity index (χ2n) is 4.99. The number of likely N-dealkylation sites (N-methyl/N-ethyl adjacent to an activating group) is 1. The molecule has 0 saturated heterocycles. The van der Waals surface area contributed by atoms with Crippen molar-refractivity contribution >= 4 is 56.0 Å². The van der Waals surface area contributed by atoms with Gasteiger partial charge in [-0.25, -0.2) is 8.42 Å². The van der Waals surface area contributed by atoms with Crippen molar-refractivity contribution in [2.75, 3.05) is 25.2 Å². The predicted octanol–water partition coefficient (Wildman–Crippen LogP) is 3.27. The zero-order chi connectivity index (χ0) is 17.7. The summed E-state index contributed by atoms with van der Waals surface area (Å²) in [5, 5.41) is 2.69. The summed E-state index contributed by atoms with van der Waals surface area (Å²) in [6.07, 6.45) is 1.92. The Morgan fingerprint density at radius 1 is 1.12 bits per heavy atom. The van der Waals surface area contributed by atoms with E-state index in [1.807, 2.05) is 18.4 Å². The predicted molar refractivity (Wildman–Crippen MR) is 106 cm³/mol. The van der Waals surface area contributed by atoms with E-state index in [1.165, 1.54) is 18.8 Å². The maximum atomic E-state index is 12.5. The molecule has 0 aliphatic rings. The highest BCUT2D eigenvalue weighted by molar-refractivity contribution is 14.1. The largest absolute Gasteiger partial charge is 0.325 e. The van der Waals surface area contributed by atoms with Gasteiger partial charge in [-0.15, -0.1) is 11.8 Å². The number of nitrogens with zero attached hydrogens (tertiary/aromatic N) is 1. The number of carbonyl (C=O) groups is 1. The van der Waals surface area contributed by atoms with Crippen LogP contribution in [0.25, 0.3) is 0 Å². The minimum atomic E-state index is -3.70. The van der Waals surface area contributed by atoms with Gasteiger partial charge in [0.05, 0.1) is 11.4 Å². The molecule has 0 atom stereocenters. The van der Waals surface area contributed by atoms with Crippen molar-refractivity contribution in [1.29, 1.82) is 0 Å². The molecule has 1 amide bonds. The van der Waals surface area contributed by atoms with Crippen LogP contribution in [0.3, 0.4) is 0 Å². The highest BCUT2D eigenvalue weighted by Crippen LogP contribution is 2.20. The van der Waals surface area contributed by atoms with Crippen molar-refractivity contribution in [3.05, 3.63) is 52.1 Å². The molecule has 0 heterocycles. The van der Waals surface area contributed by atoms with E-state index in [2.05, 4.69) is 27.9 Å². The zero-order valence-electron chi connectivity index (χ0n) is 13.2. The normalized spacial score (nSPS) is 11.5. The maximum absolute atomic E-state index is 12.5. The molecule has 2 aromatic carbocycles. The lowest BCUT2D eigenvalue weighted by Crippen LogP contribution is -2.34. The van der Waals surface area contributed by atoms with Crippen LogP contribution in [-0.2, 0) is 14.8 Å². The maximum Gasteiger partial charge on any atom is 0.243 e. The number of benzene rings is 2. The minimum Gasteiger partial charge on any atom is -0.325 e. The van der Waals surface area contributed by atoms with Crippen molar-refractivity contribution in [2.24, 2.45) is 0 Å². The van der Waals surface area contributed by atoms with E-state index < -0.39 is 10.0 Å². The van der Waals surface area contributed by atoms with E-state index in [-0.39, 0.29) is 17.3 Å². The molecule has 5 nitrogen and oxygen atoms in total. The summed E-state index contributed by atoms with van der Waals surface area (Å²) >= 11 is 3.71. The van der Waals surface area contributed by atoms with E-state index in [0.29, 0.717) is 5.69 Å². The van der Waals surface area contributed by atoms with Crippen LogP contribution in [0.4, 0.5) is 5.69 Å². The van der Waals surface area contributed by atoms with Crippen LogP contribution >= 0.6 is 34.4 Å². The number of thioether (sulfide) groups is 1. The Labute approximate surface area is 160 Å². The fourth-order valence-electron chi connectivity index (χ4n) is 1.95. The number of rotatable bonds is 6. The molecule has 0 unspecified atom stereocenters. The van der Waals surface area contributed by atoms with Crippen molar-refractivity contribution in [3.8, 4) is 0 Å². The Morgan fingerprint density at radius 2 is 1.71 bits per heavy atom. The molecule has 24 heavy (non-hydrogen) atoms. The van der Waals surface area contributed by atoms with E-state index in [4.69, 9.17) is 0 Å². The third-order valence-electron chi connectivity index (χ3n) is 3.26. The fourth-order valence-corrected chi connectivity index (χ4v) is 3.84. The van der Waals surface area contributed by atoms with Gasteiger partial charge in [0.1, 0.15) is 0 Å². The lowest BCUT2D eigenvalue weighted by molar-refractivity contribution is -0.116. The summed E-state index contributed by atoms with van der Waals surface area (Å²) in [5.41, 5.74) is 0.635. The summed E-state index contributed by atoms with van der Waals surface area (Å²) in [7, 11) is -2.30. The fraction of sp³-hybridized carbons (Fsp3) is 0.188. The zero-order valence-corrected chi connectivity index (χ0v) is 17.0.